The molecule has 7 atom stereocenters. The number of benzene rings is 6. The summed E-state index contributed by atoms with van der Waals surface area (Å²) in [5.74, 6) is -2.47. The molecule has 0 unspecified atom stereocenters. The largest absolute Gasteiger partial charge is 0.454 e. The molecule has 0 bridgehead atoms. The maximum atomic E-state index is 14.5. The monoisotopic (exact) mass is 805 g/mol. The lowest BCUT2D eigenvalue weighted by molar-refractivity contribution is -0.300. The summed E-state index contributed by atoms with van der Waals surface area (Å²) in [6.07, 6.45) is -2.37. The predicted molar refractivity (Wildman–Crippen MR) is 229 cm³/mol. The van der Waals surface area contributed by atoms with Crippen molar-refractivity contribution in [1.29, 1.82) is 0 Å². The smallest absolute Gasteiger partial charge is 0.412 e. The highest BCUT2D eigenvalue weighted by Gasteiger charge is 2.53. The van der Waals surface area contributed by atoms with Crippen molar-refractivity contribution in [3.63, 3.8) is 0 Å². The van der Waals surface area contributed by atoms with Gasteiger partial charge in [0.2, 0.25) is 0 Å². The van der Waals surface area contributed by atoms with E-state index in [1.165, 1.54) is 7.11 Å². The normalized spacial score (nSPS) is 23.9. The topological polar surface area (TPSA) is 130 Å². The Morgan fingerprint density at radius 1 is 0.667 bits per heavy atom. The Morgan fingerprint density at radius 2 is 1.20 bits per heavy atom. The van der Waals surface area contributed by atoms with Crippen LogP contribution in [0.4, 0.5) is 10.5 Å². The van der Waals surface area contributed by atoms with Crippen LogP contribution in [0.3, 0.4) is 0 Å². The first-order chi connectivity index (χ1) is 29.4. The minimum atomic E-state index is -1.42. The number of methoxy groups -OCH3 is 1. The highest BCUT2D eigenvalue weighted by atomic mass is 16.7. The third-order valence-electron chi connectivity index (χ3n) is 11.3. The van der Waals surface area contributed by atoms with Gasteiger partial charge in [0.05, 0.1) is 24.1 Å². The van der Waals surface area contributed by atoms with Crippen LogP contribution in [0.1, 0.15) is 24.0 Å². The molecule has 1 saturated heterocycles. The lowest BCUT2D eigenvalue weighted by atomic mass is 9.91. The van der Waals surface area contributed by atoms with E-state index < -0.39 is 67.2 Å². The van der Waals surface area contributed by atoms with Gasteiger partial charge >= 0.3 is 18.0 Å². The Balaban J connectivity index is 1.13. The maximum absolute atomic E-state index is 14.5. The summed E-state index contributed by atoms with van der Waals surface area (Å²) in [5.41, 5.74) is 3.98. The second-order valence-corrected chi connectivity index (χ2v) is 15.3. The summed E-state index contributed by atoms with van der Waals surface area (Å²) in [6.45, 7) is -0.624. The van der Waals surface area contributed by atoms with Gasteiger partial charge in [-0.25, -0.2) is 4.79 Å². The van der Waals surface area contributed by atoms with Crippen LogP contribution in [0, 0.1) is 11.8 Å². The van der Waals surface area contributed by atoms with Gasteiger partial charge in [-0.2, -0.15) is 0 Å². The van der Waals surface area contributed by atoms with E-state index in [4.69, 9.17) is 23.7 Å². The van der Waals surface area contributed by atoms with Crippen LogP contribution in [0.15, 0.2) is 152 Å². The molecule has 10 nitrogen and oxygen atoms in total. The SMILES string of the molecule is CO[C@H]1O[C@H](CO)[C@@H](OC(=O)Nc2ccccc2-c2ccccc2)[C@@H]2OC(=O)[C@@H](Cc3ccc4ccccc4c3)C/C=C/C[C@H](Cc3ccc4ccccc4c3)C(=O)O[C@@H]12. The zero-order chi connectivity index (χ0) is 41.4. The number of rotatable bonds is 9. The number of ether oxygens (including phenoxy) is 5. The van der Waals surface area contributed by atoms with Crippen LogP contribution < -0.4 is 5.32 Å². The first kappa shape index (κ1) is 40.4. The van der Waals surface area contributed by atoms with Crippen LogP contribution in [0.2, 0.25) is 0 Å². The molecule has 60 heavy (non-hydrogen) atoms. The van der Waals surface area contributed by atoms with E-state index >= 15 is 0 Å². The van der Waals surface area contributed by atoms with Gasteiger partial charge in [-0.15, -0.1) is 0 Å². The van der Waals surface area contributed by atoms with Gasteiger partial charge in [0.1, 0.15) is 6.10 Å². The molecule has 0 aliphatic carbocycles. The lowest BCUT2D eigenvalue weighted by Gasteiger charge is -2.44. The fourth-order valence-corrected chi connectivity index (χ4v) is 8.15. The first-order valence-corrected chi connectivity index (χ1v) is 20.3. The number of hydrogen-bond donors (Lipinski definition) is 2. The van der Waals surface area contributed by atoms with Crippen molar-refractivity contribution >= 4 is 45.3 Å². The highest BCUT2D eigenvalue weighted by Crippen LogP contribution is 2.34. The molecule has 0 radical (unpaired) electrons. The number of fused-ring (bicyclic) bond motifs is 3. The van der Waals surface area contributed by atoms with Crippen molar-refractivity contribution in [2.24, 2.45) is 11.8 Å². The summed E-state index contributed by atoms with van der Waals surface area (Å²) >= 11 is 0. The third kappa shape index (κ3) is 9.26. The summed E-state index contributed by atoms with van der Waals surface area (Å²) in [6, 6.07) is 45.1. The fraction of sp³-hybridized carbons (Fsp3) is 0.260. The molecule has 8 rings (SSSR count). The van der Waals surface area contributed by atoms with Crippen molar-refractivity contribution in [1.82, 2.24) is 0 Å². The van der Waals surface area contributed by atoms with Gasteiger partial charge < -0.3 is 28.8 Å². The predicted octanol–water partition coefficient (Wildman–Crippen LogP) is 8.83. The molecule has 306 valence electrons. The van der Waals surface area contributed by atoms with E-state index in [-0.39, 0.29) is 0 Å². The molecule has 2 aliphatic heterocycles. The zero-order valence-corrected chi connectivity index (χ0v) is 33.2. The van der Waals surface area contributed by atoms with Crippen LogP contribution in [0.5, 0.6) is 0 Å². The van der Waals surface area contributed by atoms with E-state index in [1.807, 2.05) is 127 Å². The molecule has 2 N–H and O–H groups in total. The van der Waals surface area contributed by atoms with Gasteiger partial charge in [-0.3, -0.25) is 14.9 Å². The molecule has 2 aliphatic rings. The van der Waals surface area contributed by atoms with Gasteiger partial charge in [-0.05, 0) is 70.0 Å². The molecule has 6 aromatic carbocycles. The summed E-state index contributed by atoms with van der Waals surface area (Å²) < 4.78 is 30.5. The van der Waals surface area contributed by atoms with Crippen LogP contribution in [-0.4, -0.2) is 67.6 Å². The summed E-state index contributed by atoms with van der Waals surface area (Å²) in [7, 11) is 1.37. The molecule has 1 fully saturated rings. The van der Waals surface area contributed by atoms with E-state index in [0.717, 1.165) is 43.8 Å². The highest BCUT2D eigenvalue weighted by molar-refractivity contribution is 5.91. The average Bonchev–Trinajstić information content (AvgIpc) is 3.28. The number of aliphatic hydroxyl groups is 1. The molecular formula is C50H47NO9. The Kier molecular flexibility index (Phi) is 12.6. The minimum absolute atomic E-state index is 0.316. The number of carbonyl (C=O) groups is 3. The quantitative estimate of drug-likeness (QED) is 0.0837. The van der Waals surface area contributed by atoms with Gasteiger partial charge in [-0.1, -0.05) is 146 Å². The standard InChI is InChI=1S/C50H47NO9/c1-56-49-46-45(44(43(31-52)57-49)60-50(55)51-42-22-12-11-21-41(42)36-15-3-2-4-16-36)58-47(53)39(29-32-23-25-34-13-5-7-17-37(34)27-32)19-9-10-20-40(48(54)59-46)30-33-24-26-35-14-6-8-18-38(35)28-33/h2-18,21-28,39-40,43-46,49,52H,19-20,29-31H2,1H3,(H,51,55)/b10-9+/t39-,40-,43-,44-,45+,46-,49+/m1/s1. The zero-order valence-electron chi connectivity index (χ0n) is 33.2. The number of carbonyl (C=O) groups excluding carboxylic acids is 3. The summed E-state index contributed by atoms with van der Waals surface area (Å²) in [4.78, 5) is 42.7. The van der Waals surface area contributed by atoms with Crippen LogP contribution in [0.25, 0.3) is 32.7 Å². The van der Waals surface area contributed by atoms with Crippen molar-refractivity contribution in [2.45, 2.75) is 56.4 Å². The second-order valence-electron chi connectivity index (χ2n) is 15.3. The van der Waals surface area contributed by atoms with Crippen molar-refractivity contribution < 1.29 is 43.2 Å². The number of aliphatic hydroxyl groups excluding tert-OH is 1. The fourth-order valence-electron chi connectivity index (χ4n) is 8.15. The molecule has 1 amide bonds. The van der Waals surface area contributed by atoms with Crippen molar-refractivity contribution in [2.75, 3.05) is 19.0 Å². The Bertz CT molecular complexity index is 2490. The van der Waals surface area contributed by atoms with Crippen molar-refractivity contribution in [3.8, 4) is 11.1 Å². The molecule has 2 heterocycles. The Hall–Kier alpha value is -6.33. The average molecular weight is 806 g/mol. The molecule has 6 aromatic rings. The van der Waals surface area contributed by atoms with E-state index in [1.54, 1.807) is 12.1 Å². The maximum Gasteiger partial charge on any atom is 0.412 e. The van der Waals surface area contributed by atoms with Gasteiger partial charge in [0.25, 0.3) is 0 Å². The number of para-hydroxylation sites is 1. The number of allylic oxidation sites excluding steroid dienone is 2. The van der Waals surface area contributed by atoms with Crippen LogP contribution >= 0.6 is 0 Å². The van der Waals surface area contributed by atoms with E-state index in [2.05, 4.69) is 17.4 Å². The Labute approximate surface area is 348 Å². The molecule has 10 heteroatoms. The van der Waals surface area contributed by atoms with Gasteiger partial charge in [0, 0.05) is 12.7 Å². The van der Waals surface area contributed by atoms with E-state index in [9.17, 15) is 19.5 Å². The minimum Gasteiger partial charge on any atom is -0.454 e. The summed E-state index contributed by atoms with van der Waals surface area (Å²) in [5, 5.41) is 17.7. The molecule has 0 saturated carbocycles. The Morgan fingerprint density at radius 3 is 1.78 bits per heavy atom. The van der Waals surface area contributed by atoms with Crippen LogP contribution in [-0.2, 0) is 46.1 Å². The molecule has 0 spiro atoms. The first-order valence-electron chi connectivity index (χ1n) is 20.3. The van der Waals surface area contributed by atoms with Gasteiger partial charge in [0.15, 0.2) is 24.6 Å². The number of hydrogen-bond acceptors (Lipinski definition) is 9. The molecule has 0 aromatic heterocycles. The number of esters is 2. The van der Waals surface area contributed by atoms with Crippen molar-refractivity contribution in [3.05, 3.63) is 163 Å². The lowest BCUT2D eigenvalue weighted by Crippen LogP contribution is -2.63. The number of anilines is 1. The van der Waals surface area contributed by atoms with E-state index in [0.29, 0.717) is 31.4 Å². The third-order valence-corrected chi connectivity index (χ3v) is 11.3. The second kappa shape index (κ2) is 18.7. The number of nitrogens with one attached hydrogen (secondary N) is 1. The number of amides is 1. The molecular weight excluding hydrogens is 759 g/mol.